The summed E-state index contributed by atoms with van der Waals surface area (Å²) in [6, 6.07) is 20.3. The van der Waals surface area contributed by atoms with E-state index >= 15 is 0 Å². The van der Waals surface area contributed by atoms with Gasteiger partial charge in [0, 0.05) is 25.0 Å². The Hall–Kier alpha value is -3.98. The molecule has 4 rings (SSSR count). The Kier molecular flexibility index (Phi) is 6.80. The zero-order chi connectivity index (χ0) is 23.2. The molecule has 2 heterocycles. The summed E-state index contributed by atoms with van der Waals surface area (Å²) in [6.45, 7) is 2.01. The van der Waals surface area contributed by atoms with E-state index in [9.17, 15) is 9.59 Å². The highest BCUT2D eigenvalue weighted by atomic mass is 32.2. The van der Waals surface area contributed by atoms with Crippen LogP contribution in [0.15, 0.2) is 84.3 Å². The van der Waals surface area contributed by atoms with E-state index in [0.717, 1.165) is 22.4 Å². The molecule has 2 aromatic carbocycles. The third kappa shape index (κ3) is 4.93. The average molecular weight is 459 g/mol. The molecule has 0 saturated carbocycles. The number of nitrogens with zero attached hydrogens (tertiary/aromatic N) is 4. The van der Waals surface area contributed by atoms with Crippen molar-refractivity contribution in [1.29, 1.82) is 0 Å². The van der Waals surface area contributed by atoms with Crippen LogP contribution < -0.4 is 10.6 Å². The van der Waals surface area contributed by atoms with Crippen LogP contribution in [-0.4, -0.2) is 38.7 Å². The molecule has 9 heteroatoms. The Balaban J connectivity index is 1.81. The summed E-state index contributed by atoms with van der Waals surface area (Å²) in [4.78, 5) is 29.0. The summed E-state index contributed by atoms with van der Waals surface area (Å²) in [5.74, 6) is 0.183. The molecule has 0 bridgehead atoms. The van der Waals surface area contributed by atoms with Gasteiger partial charge in [-0.1, -0.05) is 60.3 Å². The van der Waals surface area contributed by atoms with Gasteiger partial charge in [-0.15, -0.1) is 10.2 Å². The zero-order valence-corrected chi connectivity index (χ0v) is 18.9. The fraction of sp³-hybridized carbons (Fsp3) is 0.125. The number of aryl methyl sites for hydroxylation is 1. The van der Waals surface area contributed by atoms with Gasteiger partial charge >= 0.3 is 6.03 Å². The lowest BCUT2D eigenvalue weighted by atomic mass is 10.1. The summed E-state index contributed by atoms with van der Waals surface area (Å²) >= 11 is 1.23. The number of hydrogen-bond acceptors (Lipinski definition) is 6. The maximum atomic E-state index is 13.1. The third-order valence-corrected chi connectivity index (χ3v) is 6.15. The maximum absolute atomic E-state index is 13.1. The molecule has 0 aliphatic carbocycles. The molecule has 0 aliphatic heterocycles. The first kappa shape index (κ1) is 22.2. The van der Waals surface area contributed by atoms with Gasteiger partial charge in [-0.25, -0.2) is 4.79 Å². The summed E-state index contributed by atoms with van der Waals surface area (Å²) in [7, 11) is 1.46. The fourth-order valence-corrected chi connectivity index (χ4v) is 4.36. The lowest BCUT2D eigenvalue weighted by molar-refractivity contribution is -0.119. The van der Waals surface area contributed by atoms with Crippen LogP contribution in [0.2, 0.25) is 0 Å². The fourth-order valence-electron chi connectivity index (χ4n) is 3.31. The van der Waals surface area contributed by atoms with E-state index < -0.39 is 17.2 Å². The Labute approximate surface area is 195 Å². The SMILES string of the molecule is CNC(=O)NC(=O)C(Sc1nnc(-c2ccncc2)n1-c1ccccc1C)c1ccccc1. The molecular formula is C24H22N6O2S. The minimum absolute atomic E-state index is 0.449. The molecule has 3 amide bonds. The minimum Gasteiger partial charge on any atom is -0.341 e. The van der Waals surface area contributed by atoms with E-state index in [0.29, 0.717) is 11.0 Å². The van der Waals surface area contributed by atoms with Gasteiger partial charge in [0.25, 0.3) is 0 Å². The number of nitrogens with one attached hydrogen (secondary N) is 2. The predicted octanol–water partition coefficient (Wildman–Crippen LogP) is 3.93. The summed E-state index contributed by atoms with van der Waals surface area (Å²) in [5, 5.41) is 13.5. The van der Waals surface area contributed by atoms with Gasteiger partial charge < -0.3 is 5.32 Å². The largest absolute Gasteiger partial charge is 0.341 e. The van der Waals surface area contributed by atoms with Crippen molar-refractivity contribution in [3.05, 3.63) is 90.3 Å². The predicted molar refractivity (Wildman–Crippen MR) is 127 cm³/mol. The molecule has 0 aliphatic rings. The average Bonchev–Trinajstić information content (AvgIpc) is 3.27. The number of hydrogen-bond donors (Lipinski definition) is 2. The number of carbonyl (C=O) groups is 2. The van der Waals surface area contributed by atoms with Gasteiger partial charge in [0.05, 0.1) is 5.69 Å². The summed E-state index contributed by atoms with van der Waals surface area (Å²) < 4.78 is 1.93. The standard InChI is InChI=1S/C24H22N6O2S/c1-16-8-6-7-11-19(16)30-21(18-12-14-26-15-13-18)28-29-24(30)33-20(17-9-4-3-5-10-17)22(31)27-23(32)25-2/h3-15,20H,1-2H3,(H2,25,27,31,32). The second kappa shape index (κ2) is 10.1. The number of imide groups is 1. The molecule has 33 heavy (non-hydrogen) atoms. The smallest absolute Gasteiger partial charge is 0.321 e. The molecule has 2 N–H and O–H groups in total. The lowest BCUT2D eigenvalue weighted by Crippen LogP contribution is -2.39. The van der Waals surface area contributed by atoms with Crippen molar-refractivity contribution in [2.24, 2.45) is 0 Å². The van der Waals surface area contributed by atoms with Gasteiger partial charge in [-0.3, -0.25) is 19.7 Å². The molecular weight excluding hydrogens is 436 g/mol. The van der Waals surface area contributed by atoms with Gasteiger partial charge in [0.2, 0.25) is 5.91 Å². The number of carbonyl (C=O) groups excluding carboxylic acids is 2. The van der Waals surface area contributed by atoms with Crippen molar-refractivity contribution in [1.82, 2.24) is 30.4 Å². The van der Waals surface area contributed by atoms with E-state index in [-0.39, 0.29) is 0 Å². The van der Waals surface area contributed by atoms with E-state index in [2.05, 4.69) is 25.8 Å². The first-order valence-electron chi connectivity index (χ1n) is 10.2. The Morgan fingerprint density at radius 1 is 0.939 bits per heavy atom. The highest BCUT2D eigenvalue weighted by molar-refractivity contribution is 8.00. The normalized spacial score (nSPS) is 11.6. The van der Waals surface area contributed by atoms with Crippen LogP contribution in [0, 0.1) is 6.92 Å². The summed E-state index contributed by atoms with van der Waals surface area (Å²) in [5.41, 5.74) is 3.52. The second-order valence-corrected chi connectivity index (χ2v) is 8.21. The Bertz CT molecular complexity index is 1260. The molecule has 1 unspecified atom stereocenters. The van der Waals surface area contributed by atoms with Crippen LogP contribution in [-0.2, 0) is 4.79 Å². The first-order chi connectivity index (χ1) is 16.1. The van der Waals surface area contributed by atoms with E-state index in [1.165, 1.54) is 18.8 Å². The molecule has 2 aromatic heterocycles. The minimum atomic E-state index is -0.722. The maximum Gasteiger partial charge on any atom is 0.321 e. The van der Waals surface area contributed by atoms with Crippen LogP contribution >= 0.6 is 11.8 Å². The van der Waals surface area contributed by atoms with Gasteiger partial charge in [-0.2, -0.15) is 0 Å². The van der Waals surface area contributed by atoms with Crippen LogP contribution in [0.1, 0.15) is 16.4 Å². The highest BCUT2D eigenvalue weighted by Gasteiger charge is 2.28. The Morgan fingerprint density at radius 3 is 2.33 bits per heavy atom. The van der Waals surface area contributed by atoms with Crippen molar-refractivity contribution >= 4 is 23.7 Å². The number of urea groups is 1. The molecule has 8 nitrogen and oxygen atoms in total. The van der Waals surface area contributed by atoms with Gasteiger partial charge in [-0.05, 0) is 36.2 Å². The number of thioether (sulfide) groups is 1. The van der Waals surface area contributed by atoms with E-state index in [1.807, 2.05) is 78.2 Å². The highest BCUT2D eigenvalue weighted by Crippen LogP contribution is 2.38. The van der Waals surface area contributed by atoms with E-state index in [4.69, 9.17) is 0 Å². The number of amides is 3. The van der Waals surface area contributed by atoms with Crippen LogP contribution in [0.4, 0.5) is 4.79 Å². The summed E-state index contributed by atoms with van der Waals surface area (Å²) in [6.07, 6.45) is 3.39. The van der Waals surface area contributed by atoms with Crippen LogP contribution in [0.25, 0.3) is 17.1 Å². The monoisotopic (exact) mass is 458 g/mol. The van der Waals surface area contributed by atoms with Gasteiger partial charge in [0.15, 0.2) is 11.0 Å². The van der Waals surface area contributed by atoms with Crippen molar-refractivity contribution in [2.75, 3.05) is 7.05 Å². The van der Waals surface area contributed by atoms with Gasteiger partial charge in [0.1, 0.15) is 5.25 Å². The molecule has 4 aromatic rings. The number of pyridine rings is 1. The van der Waals surface area contributed by atoms with Crippen molar-refractivity contribution < 1.29 is 9.59 Å². The van der Waals surface area contributed by atoms with Crippen molar-refractivity contribution in [3.8, 4) is 17.1 Å². The number of aromatic nitrogens is 4. The number of para-hydroxylation sites is 1. The molecule has 0 radical (unpaired) electrons. The quantitative estimate of drug-likeness (QED) is 0.425. The van der Waals surface area contributed by atoms with Crippen LogP contribution in [0.5, 0.6) is 0 Å². The van der Waals surface area contributed by atoms with Crippen LogP contribution in [0.3, 0.4) is 0 Å². The molecule has 0 saturated heterocycles. The molecule has 0 fully saturated rings. The number of benzene rings is 2. The van der Waals surface area contributed by atoms with E-state index in [1.54, 1.807) is 12.4 Å². The molecule has 0 spiro atoms. The lowest BCUT2D eigenvalue weighted by Gasteiger charge is -2.18. The zero-order valence-electron chi connectivity index (χ0n) is 18.1. The van der Waals surface area contributed by atoms with Crippen molar-refractivity contribution in [2.45, 2.75) is 17.3 Å². The Morgan fingerprint density at radius 2 is 1.64 bits per heavy atom. The van der Waals surface area contributed by atoms with Crippen molar-refractivity contribution in [3.63, 3.8) is 0 Å². The third-order valence-electron chi connectivity index (χ3n) is 4.96. The first-order valence-corrected chi connectivity index (χ1v) is 11.1. The second-order valence-electron chi connectivity index (χ2n) is 7.14. The molecule has 1 atom stereocenters. The molecule has 166 valence electrons. The topological polar surface area (TPSA) is 102 Å². The number of rotatable bonds is 6.